The number of rotatable bonds is 5. The number of nitrogens with one attached hydrogen (secondary N) is 1. The maximum absolute atomic E-state index is 14.3. The van der Waals surface area contributed by atoms with Gasteiger partial charge in [0.15, 0.2) is 11.6 Å². The van der Waals surface area contributed by atoms with Crippen LogP contribution >= 0.6 is 0 Å². The minimum Gasteiger partial charge on any atom is -0.398 e. The van der Waals surface area contributed by atoms with Crippen LogP contribution in [0.15, 0.2) is 52.3 Å². The number of hydrogen-bond donors (Lipinski definition) is 3. The van der Waals surface area contributed by atoms with Gasteiger partial charge in [-0.15, -0.1) is 0 Å². The van der Waals surface area contributed by atoms with Gasteiger partial charge in [0.05, 0.1) is 16.9 Å². The second-order valence-electron chi connectivity index (χ2n) is 10.2. The Morgan fingerprint density at radius 2 is 1.77 bits per heavy atom. The van der Waals surface area contributed by atoms with E-state index in [4.69, 9.17) is 11.5 Å². The number of benzene rings is 2. The van der Waals surface area contributed by atoms with Crippen LogP contribution in [0.3, 0.4) is 0 Å². The zero-order chi connectivity index (χ0) is 29.6. The number of nitrogen functional groups attached to an aromatic ring is 1. The number of nitrogens with zero attached hydrogens (tertiary/aromatic N) is 4. The van der Waals surface area contributed by atoms with Crippen LogP contribution in [0.5, 0.6) is 0 Å². The van der Waals surface area contributed by atoms with Gasteiger partial charge in [0.2, 0.25) is 0 Å². The van der Waals surface area contributed by atoms with E-state index < -0.39 is 28.8 Å². The summed E-state index contributed by atoms with van der Waals surface area (Å²) < 4.78 is 29.2. The van der Waals surface area contributed by atoms with E-state index in [1.165, 1.54) is 12.1 Å². The van der Waals surface area contributed by atoms with Gasteiger partial charge in [-0.3, -0.25) is 14.6 Å². The summed E-state index contributed by atoms with van der Waals surface area (Å²) in [6.07, 6.45) is 3.43. The van der Waals surface area contributed by atoms with Crippen LogP contribution in [0.4, 0.5) is 25.8 Å². The first-order valence-corrected chi connectivity index (χ1v) is 13.3. The summed E-state index contributed by atoms with van der Waals surface area (Å²) in [6.45, 7) is 11.1. The molecule has 11 heteroatoms. The monoisotopic (exact) mass is 553 g/mol. The summed E-state index contributed by atoms with van der Waals surface area (Å²) in [5.74, 6) is -2.65. The summed E-state index contributed by atoms with van der Waals surface area (Å²) in [5, 5.41) is 6.78. The molecule has 1 aliphatic heterocycles. The van der Waals surface area contributed by atoms with Gasteiger partial charge in [-0.1, -0.05) is 19.9 Å². The average Bonchev–Trinajstić information content (AvgIpc) is 2.90. The number of para-hydroxylation sites is 1. The minimum absolute atomic E-state index is 0.0537. The fourth-order valence-corrected chi connectivity index (χ4v) is 4.24. The molecule has 1 atom stereocenters. The Morgan fingerprint density at radius 1 is 1.10 bits per heavy atom. The number of aromatic nitrogens is 2. The van der Waals surface area contributed by atoms with Crippen molar-refractivity contribution in [3.05, 3.63) is 75.7 Å². The van der Waals surface area contributed by atoms with Crippen molar-refractivity contribution in [2.24, 2.45) is 10.7 Å². The Kier molecular flexibility index (Phi) is 9.75. The van der Waals surface area contributed by atoms with Crippen molar-refractivity contribution in [2.75, 3.05) is 29.0 Å². The molecule has 0 bridgehead atoms. The van der Waals surface area contributed by atoms with Gasteiger partial charge in [-0.25, -0.2) is 8.78 Å². The number of carbonyl (C=O) groups is 1. The van der Waals surface area contributed by atoms with Gasteiger partial charge in [0.25, 0.3) is 11.5 Å². The van der Waals surface area contributed by atoms with Crippen molar-refractivity contribution < 1.29 is 13.6 Å². The van der Waals surface area contributed by atoms with E-state index in [9.17, 15) is 18.4 Å². The number of nitrogens with two attached hydrogens (primary N) is 2. The first kappa shape index (κ1) is 30.4. The first-order valence-electron chi connectivity index (χ1n) is 13.3. The zero-order valence-electron chi connectivity index (χ0n) is 23.5. The highest BCUT2D eigenvalue weighted by molar-refractivity contribution is 6.08. The van der Waals surface area contributed by atoms with E-state index in [1.807, 2.05) is 34.6 Å². The summed E-state index contributed by atoms with van der Waals surface area (Å²) in [7, 11) is 0. The van der Waals surface area contributed by atoms with Crippen LogP contribution in [0.25, 0.3) is 5.69 Å². The Bertz CT molecular complexity index is 1430. The molecule has 1 saturated heterocycles. The lowest BCUT2D eigenvalue weighted by molar-refractivity contribution is 0.102. The number of carbonyl (C=O) groups excluding carboxylic acids is 1. The molecule has 0 spiro atoms. The normalized spacial score (nSPS) is 15.5. The average molecular weight is 554 g/mol. The molecular formula is C29H37F2N7O2. The number of anilines is 3. The highest BCUT2D eigenvalue weighted by Crippen LogP contribution is 2.35. The summed E-state index contributed by atoms with van der Waals surface area (Å²) in [4.78, 5) is 32.4. The molecule has 9 nitrogen and oxygen atoms in total. The number of aliphatic imine (C=N–C) groups is 1. The summed E-state index contributed by atoms with van der Waals surface area (Å²) in [5.41, 5.74) is 12.8. The molecule has 1 unspecified atom stereocenters. The fraction of sp³-hybridized carbons (Fsp3) is 0.379. The standard InChI is InChI=1S/C27H31F2N7O2.C2H6/c1-27(2,3)32-14-17-20(31)9-10-21(24(17)35-13-5-6-16(30)15-35)33-26(38)22-11-12-23(37)36(34-22)25-18(28)7-4-8-19(25)29;1-2/h4,7-12,14,16H,5-6,13,15,30-31H2,1-3H3,(H,33,38);1-2H3. The largest absolute Gasteiger partial charge is 0.398 e. The third-order valence-electron chi connectivity index (χ3n) is 6.04. The van der Waals surface area contributed by atoms with Crippen LogP contribution in [0.2, 0.25) is 0 Å². The van der Waals surface area contributed by atoms with Crippen molar-refractivity contribution >= 4 is 29.2 Å². The number of halogens is 2. The number of piperidine rings is 1. The van der Waals surface area contributed by atoms with Gasteiger partial charge in [0, 0.05) is 42.7 Å². The van der Waals surface area contributed by atoms with E-state index in [1.54, 1.807) is 18.3 Å². The molecule has 1 fully saturated rings. The van der Waals surface area contributed by atoms with Crippen LogP contribution in [0.1, 0.15) is 63.5 Å². The smallest absolute Gasteiger partial charge is 0.276 e. The number of amides is 1. The Hall–Kier alpha value is -4.12. The third-order valence-corrected chi connectivity index (χ3v) is 6.04. The SMILES string of the molecule is CC.CC(C)(C)N=Cc1c(N)ccc(NC(=O)c2ccc(=O)n(-c3c(F)cccc3F)n2)c1N1CCCC(N)C1. The first-order chi connectivity index (χ1) is 18.9. The second-order valence-corrected chi connectivity index (χ2v) is 10.2. The maximum atomic E-state index is 14.3. The molecular weight excluding hydrogens is 516 g/mol. The van der Waals surface area contributed by atoms with Crippen LogP contribution in [-0.2, 0) is 0 Å². The van der Waals surface area contributed by atoms with E-state index in [0.717, 1.165) is 31.0 Å². The lowest BCUT2D eigenvalue weighted by Gasteiger charge is -2.35. The maximum Gasteiger partial charge on any atom is 0.276 e. The lowest BCUT2D eigenvalue weighted by atomic mass is 10.0. The molecule has 0 radical (unpaired) electrons. The molecule has 2 heterocycles. The number of hydrogen-bond acceptors (Lipinski definition) is 7. The molecule has 0 saturated carbocycles. The molecule has 4 rings (SSSR count). The highest BCUT2D eigenvalue weighted by Gasteiger charge is 2.25. The molecule has 0 aliphatic carbocycles. The molecule has 5 N–H and O–H groups in total. The quantitative estimate of drug-likeness (QED) is 0.315. The molecule has 40 heavy (non-hydrogen) atoms. The highest BCUT2D eigenvalue weighted by atomic mass is 19.1. The van der Waals surface area contributed by atoms with Gasteiger partial charge >= 0.3 is 0 Å². The Balaban J connectivity index is 0.00000216. The predicted octanol–water partition coefficient (Wildman–Crippen LogP) is 4.52. The minimum atomic E-state index is -0.984. The molecule has 2 aromatic carbocycles. The fourth-order valence-electron chi connectivity index (χ4n) is 4.24. The Labute approximate surface area is 232 Å². The predicted molar refractivity (Wildman–Crippen MR) is 157 cm³/mol. The van der Waals surface area contributed by atoms with Crippen molar-refractivity contribution in [2.45, 2.75) is 59.0 Å². The molecule has 1 amide bonds. The van der Waals surface area contributed by atoms with Crippen LogP contribution < -0.4 is 27.2 Å². The lowest BCUT2D eigenvalue weighted by Crippen LogP contribution is -2.43. The third kappa shape index (κ3) is 7.09. The van der Waals surface area contributed by atoms with Crippen molar-refractivity contribution in [3.63, 3.8) is 0 Å². The van der Waals surface area contributed by atoms with Gasteiger partial charge in [-0.05, 0) is 63.9 Å². The summed E-state index contributed by atoms with van der Waals surface area (Å²) in [6, 6.07) is 8.69. The van der Waals surface area contributed by atoms with Gasteiger partial charge in [0.1, 0.15) is 11.4 Å². The van der Waals surface area contributed by atoms with E-state index >= 15 is 0 Å². The molecule has 3 aromatic rings. The van der Waals surface area contributed by atoms with Crippen LogP contribution in [-0.4, -0.2) is 46.6 Å². The molecule has 1 aromatic heterocycles. The summed E-state index contributed by atoms with van der Waals surface area (Å²) >= 11 is 0. The van der Waals surface area contributed by atoms with Crippen molar-refractivity contribution in [3.8, 4) is 5.69 Å². The van der Waals surface area contributed by atoms with E-state index in [2.05, 4.69) is 20.3 Å². The van der Waals surface area contributed by atoms with Crippen molar-refractivity contribution in [1.29, 1.82) is 0 Å². The van der Waals surface area contributed by atoms with Gasteiger partial charge < -0.3 is 21.7 Å². The molecule has 214 valence electrons. The van der Waals surface area contributed by atoms with Crippen LogP contribution in [0, 0.1) is 11.6 Å². The van der Waals surface area contributed by atoms with Crippen molar-refractivity contribution in [1.82, 2.24) is 9.78 Å². The topological polar surface area (TPSA) is 132 Å². The second kappa shape index (κ2) is 12.8. The Morgan fingerprint density at radius 3 is 2.40 bits per heavy atom. The zero-order valence-corrected chi connectivity index (χ0v) is 23.5. The molecule has 1 aliphatic rings. The van der Waals surface area contributed by atoms with E-state index in [-0.39, 0.29) is 17.3 Å². The van der Waals surface area contributed by atoms with Gasteiger partial charge in [-0.2, -0.15) is 9.78 Å². The van der Waals surface area contributed by atoms with E-state index in [0.29, 0.717) is 40.4 Å².